The van der Waals surface area contributed by atoms with E-state index in [1.807, 2.05) is 0 Å². The van der Waals surface area contributed by atoms with Gasteiger partial charge >= 0.3 is 5.97 Å². The summed E-state index contributed by atoms with van der Waals surface area (Å²) < 4.78 is 4.90. The van der Waals surface area contributed by atoms with Crippen LogP contribution in [0.1, 0.15) is 12.8 Å². The summed E-state index contributed by atoms with van der Waals surface area (Å²) in [6.45, 7) is 0.392. The highest BCUT2D eigenvalue weighted by atomic mass is 16.6. The van der Waals surface area contributed by atoms with Gasteiger partial charge in [-0.3, -0.25) is 19.7 Å². The molecule has 1 saturated heterocycles. The minimum Gasteiger partial charge on any atom is -0.454 e. The van der Waals surface area contributed by atoms with E-state index in [4.69, 9.17) is 4.74 Å². The minimum atomic E-state index is -0.526. The standard InChI is InChI=1S/C13H15N3O5/c17-12(8-21-13(18)11-2-1-7-14-11)15-9-3-5-10(6-4-9)16(19)20/h3-6,11,14H,1-2,7-8H2,(H,15,17)/t11-/m0/s1. The van der Waals surface area contributed by atoms with Crippen LogP contribution in [0, 0.1) is 10.1 Å². The van der Waals surface area contributed by atoms with Crippen molar-refractivity contribution in [2.24, 2.45) is 0 Å². The van der Waals surface area contributed by atoms with Crippen LogP contribution in [-0.4, -0.2) is 36.0 Å². The monoisotopic (exact) mass is 293 g/mol. The molecule has 0 unspecified atom stereocenters. The van der Waals surface area contributed by atoms with E-state index < -0.39 is 16.8 Å². The van der Waals surface area contributed by atoms with Crippen LogP contribution < -0.4 is 10.6 Å². The predicted octanol–water partition coefficient (Wildman–Crippen LogP) is 0.828. The fourth-order valence-electron chi connectivity index (χ4n) is 1.99. The molecule has 0 bridgehead atoms. The number of ether oxygens (including phenoxy) is 1. The molecule has 112 valence electrons. The van der Waals surface area contributed by atoms with Crippen LogP contribution in [-0.2, 0) is 14.3 Å². The van der Waals surface area contributed by atoms with Gasteiger partial charge in [0.25, 0.3) is 11.6 Å². The second-order valence-electron chi connectivity index (χ2n) is 4.61. The van der Waals surface area contributed by atoms with E-state index >= 15 is 0 Å². The second-order valence-corrected chi connectivity index (χ2v) is 4.61. The molecule has 2 N–H and O–H groups in total. The number of nitro groups is 1. The van der Waals surface area contributed by atoms with E-state index in [0.717, 1.165) is 13.0 Å². The summed E-state index contributed by atoms with van der Waals surface area (Å²) in [6, 6.07) is 5.05. The number of non-ortho nitro benzene ring substituents is 1. The van der Waals surface area contributed by atoms with E-state index in [1.165, 1.54) is 24.3 Å². The molecule has 8 heteroatoms. The molecule has 1 aromatic carbocycles. The van der Waals surface area contributed by atoms with Gasteiger partial charge in [0.05, 0.1) is 4.92 Å². The molecule has 0 aliphatic carbocycles. The van der Waals surface area contributed by atoms with Crippen molar-refractivity contribution in [1.82, 2.24) is 5.32 Å². The van der Waals surface area contributed by atoms with Gasteiger partial charge in [-0.1, -0.05) is 0 Å². The normalized spacial score (nSPS) is 17.2. The van der Waals surface area contributed by atoms with Gasteiger partial charge in [-0.05, 0) is 31.5 Å². The molecule has 1 atom stereocenters. The maximum Gasteiger partial charge on any atom is 0.323 e. The molecular weight excluding hydrogens is 278 g/mol. The average Bonchev–Trinajstić information content (AvgIpc) is 2.99. The van der Waals surface area contributed by atoms with Crippen LogP contribution >= 0.6 is 0 Å². The van der Waals surface area contributed by atoms with Crippen molar-refractivity contribution in [3.8, 4) is 0 Å². The van der Waals surface area contributed by atoms with Crippen LogP contribution in [0.4, 0.5) is 11.4 Å². The van der Waals surface area contributed by atoms with Gasteiger partial charge < -0.3 is 15.4 Å². The quantitative estimate of drug-likeness (QED) is 0.472. The van der Waals surface area contributed by atoms with E-state index in [-0.39, 0.29) is 18.3 Å². The molecule has 1 aliphatic heterocycles. The molecule has 0 saturated carbocycles. The SMILES string of the molecule is O=C(COC(=O)[C@@H]1CCCN1)Nc1ccc([N+](=O)[O-])cc1. The molecule has 8 nitrogen and oxygen atoms in total. The number of nitrogens with zero attached hydrogens (tertiary/aromatic N) is 1. The lowest BCUT2D eigenvalue weighted by Crippen LogP contribution is -2.34. The fourth-order valence-corrected chi connectivity index (χ4v) is 1.99. The Morgan fingerprint density at radius 1 is 1.38 bits per heavy atom. The summed E-state index contributed by atoms with van der Waals surface area (Å²) in [4.78, 5) is 33.2. The van der Waals surface area contributed by atoms with Crippen molar-refractivity contribution in [3.05, 3.63) is 34.4 Å². The second kappa shape index (κ2) is 6.80. The Morgan fingerprint density at radius 2 is 2.10 bits per heavy atom. The average molecular weight is 293 g/mol. The third kappa shape index (κ3) is 4.25. The number of carbonyl (C=O) groups excluding carboxylic acids is 2. The molecule has 0 spiro atoms. The third-order valence-electron chi connectivity index (χ3n) is 3.05. The van der Waals surface area contributed by atoms with Crippen molar-refractivity contribution in [2.75, 3.05) is 18.5 Å². The molecule has 0 aromatic heterocycles. The summed E-state index contributed by atoms with van der Waals surface area (Å²) >= 11 is 0. The molecule has 21 heavy (non-hydrogen) atoms. The highest BCUT2D eigenvalue weighted by Gasteiger charge is 2.23. The molecule has 1 amide bonds. The number of nitro benzene ring substituents is 1. The highest BCUT2D eigenvalue weighted by molar-refractivity contribution is 5.93. The number of amides is 1. The van der Waals surface area contributed by atoms with Gasteiger partial charge in [0.2, 0.25) is 0 Å². The Labute approximate surface area is 120 Å². The lowest BCUT2D eigenvalue weighted by molar-refractivity contribution is -0.384. The van der Waals surface area contributed by atoms with Gasteiger partial charge in [0.1, 0.15) is 6.04 Å². The maximum absolute atomic E-state index is 11.6. The summed E-state index contributed by atoms with van der Waals surface area (Å²) in [5, 5.41) is 16.0. The molecule has 2 rings (SSSR count). The van der Waals surface area contributed by atoms with Crippen molar-refractivity contribution in [1.29, 1.82) is 0 Å². The molecule has 1 heterocycles. The zero-order valence-corrected chi connectivity index (χ0v) is 11.2. The Bertz CT molecular complexity index is 537. The van der Waals surface area contributed by atoms with Crippen LogP contribution in [0.3, 0.4) is 0 Å². The summed E-state index contributed by atoms with van der Waals surface area (Å²) in [6.07, 6.45) is 1.62. The van der Waals surface area contributed by atoms with Gasteiger partial charge in [0, 0.05) is 17.8 Å². The number of benzene rings is 1. The lowest BCUT2D eigenvalue weighted by atomic mass is 10.2. The highest BCUT2D eigenvalue weighted by Crippen LogP contribution is 2.15. The van der Waals surface area contributed by atoms with E-state index in [2.05, 4.69) is 10.6 Å². The Balaban J connectivity index is 1.78. The Morgan fingerprint density at radius 3 is 2.67 bits per heavy atom. The van der Waals surface area contributed by atoms with Gasteiger partial charge in [0.15, 0.2) is 6.61 Å². The Hall–Kier alpha value is -2.48. The molecular formula is C13H15N3O5. The number of esters is 1. The number of rotatable bonds is 5. The van der Waals surface area contributed by atoms with Crippen molar-refractivity contribution in [2.45, 2.75) is 18.9 Å². The Kier molecular flexibility index (Phi) is 4.83. The first-order valence-electron chi connectivity index (χ1n) is 6.50. The molecule has 1 aromatic rings. The number of hydrogen-bond donors (Lipinski definition) is 2. The minimum absolute atomic E-state index is 0.0632. The molecule has 0 radical (unpaired) electrons. The zero-order chi connectivity index (χ0) is 15.2. The largest absolute Gasteiger partial charge is 0.454 e. The first kappa shape index (κ1) is 14.9. The fraction of sp³-hybridized carbons (Fsp3) is 0.385. The van der Waals surface area contributed by atoms with Crippen LogP contribution in [0.25, 0.3) is 0 Å². The van der Waals surface area contributed by atoms with E-state index in [0.29, 0.717) is 12.1 Å². The van der Waals surface area contributed by atoms with Gasteiger partial charge in [-0.25, -0.2) is 0 Å². The number of anilines is 1. The topological polar surface area (TPSA) is 111 Å². The molecule has 1 fully saturated rings. The lowest BCUT2D eigenvalue weighted by Gasteiger charge is -2.10. The summed E-state index contributed by atoms with van der Waals surface area (Å²) in [5.74, 6) is -0.929. The van der Waals surface area contributed by atoms with Crippen molar-refractivity contribution < 1.29 is 19.2 Å². The zero-order valence-electron chi connectivity index (χ0n) is 11.2. The van der Waals surface area contributed by atoms with Crippen LogP contribution in [0.2, 0.25) is 0 Å². The van der Waals surface area contributed by atoms with Crippen LogP contribution in [0.15, 0.2) is 24.3 Å². The van der Waals surface area contributed by atoms with E-state index in [1.54, 1.807) is 0 Å². The maximum atomic E-state index is 11.6. The van der Waals surface area contributed by atoms with Gasteiger partial charge in [-0.15, -0.1) is 0 Å². The predicted molar refractivity (Wildman–Crippen MR) is 73.7 cm³/mol. The van der Waals surface area contributed by atoms with E-state index in [9.17, 15) is 19.7 Å². The number of nitrogens with one attached hydrogen (secondary N) is 2. The first-order chi connectivity index (χ1) is 10.1. The number of carbonyl (C=O) groups is 2. The first-order valence-corrected chi connectivity index (χ1v) is 6.50. The van der Waals surface area contributed by atoms with Crippen molar-refractivity contribution >= 4 is 23.3 Å². The van der Waals surface area contributed by atoms with Crippen LogP contribution in [0.5, 0.6) is 0 Å². The number of hydrogen-bond acceptors (Lipinski definition) is 6. The van der Waals surface area contributed by atoms with Crippen molar-refractivity contribution in [3.63, 3.8) is 0 Å². The molecule has 1 aliphatic rings. The smallest absolute Gasteiger partial charge is 0.323 e. The summed E-state index contributed by atoms with van der Waals surface area (Å²) in [7, 11) is 0. The third-order valence-corrected chi connectivity index (χ3v) is 3.05. The van der Waals surface area contributed by atoms with Gasteiger partial charge in [-0.2, -0.15) is 0 Å². The summed E-state index contributed by atoms with van der Waals surface area (Å²) in [5.41, 5.74) is 0.340.